The Balaban J connectivity index is 1.47. The van der Waals surface area contributed by atoms with Gasteiger partial charge in [0.25, 0.3) is 0 Å². The van der Waals surface area contributed by atoms with E-state index in [0.29, 0.717) is 24.2 Å². The summed E-state index contributed by atoms with van der Waals surface area (Å²) in [5, 5.41) is 2.96. The zero-order valence-electron chi connectivity index (χ0n) is 19.5. The molecule has 1 aromatic heterocycles. The Morgan fingerprint density at radius 1 is 1.12 bits per heavy atom. The predicted molar refractivity (Wildman–Crippen MR) is 127 cm³/mol. The van der Waals surface area contributed by atoms with Crippen LogP contribution in [0.15, 0.2) is 59.8 Å². The summed E-state index contributed by atoms with van der Waals surface area (Å²) in [5.41, 5.74) is 2.29. The number of carbonyl (C=O) groups is 1. The first-order valence-corrected chi connectivity index (χ1v) is 12.7. The molecule has 1 saturated heterocycles. The molecule has 1 atom stereocenters. The molecule has 0 radical (unpaired) electrons. The van der Waals surface area contributed by atoms with Crippen LogP contribution in [0, 0.1) is 25.6 Å². The molecule has 34 heavy (non-hydrogen) atoms. The average Bonchev–Trinajstić information content (AvgIpc) is 3.25. The Hall–Kier alpha value is -3.04. The van der Waals surface area contributed by atoms with Crippen molar-refractivity contribution in [3.8, 4) is 0 Å². The average molecular weight is 485 g/mol. The van der Waals surface area contributed by atoms with Gasteiger partial charge in [-0.25, -0.2) is 17.8 Å². The van der Waals surface area contributed by atoms with Gasteiger partial charge in [0, 0.05) is 44.0 Å². The Kier molecular flexibility index (Phi) is 6.86. The van der Waals surface area contributed by atoms with Gasteiger partial charge in [0.15, 0.2) is 0 Å². The van der Waals surface area contributed by atoms with E-state index in [2.05, 4.69) is 10.3 Å². The summed E-state index contributed by atoms with van der Waals surface area (Å²) < 4.78 is 44.0. The van der Waals surface area contributed by atoms with E-state index >= 15 is 0 Å². The second kappa shape index (κ2) is 9.68. The number of hydrogen-bond donors (Lipinski definition) is 1. The maximum Gasteiger partial charge on any atom is 0.243 e. The highest BCUT2D eigenvalue weighted by Gasteiger charge is 2.34. The molecule has 4 rings (SSSR count). The van der Waals surface area contributed by atoms with Gasteiger partial charge in [-0.05, 0) is 56.0 Å². The molecule has 180 valence electrons. The highest BCUT2D eigenvalue weighted by molar-refractivity contribution is 7.89. The third-order valence-corrected chi connectivity index (χ3v) is 8.45. The van der Waals surface area contributed by atoms with Crippen molar-refractivity contribution >= 4 is 15.9 Å². The van der Waals surface area contributed by atoms with Crippen LogP contribution in [0.5, 0.6) is 0 Å². The van der Waals surface area contributed by atoms with Crippen LogP contribution in [0.2, 0.25) is 0 Å². The third kappa shape index (κ3) is 4.76. The van der Waals surface area contributed by atoms with Crippen molar-refractivity contribution in [3.05, 3.63) is 83.2 Å². The molecule has 1 aliphatic rings. The fraction of sp³-hybridized carbons (Fsp3) is 0.360. The van der Waals surface area contributed by atoms with Gasteiger partial charge < -0.3 is 9.88 Å². The molecule has 1 N–H and O–H groups in total. The maximum atomic E-state index is 14.6. The van der Waals surface area contributed by atoms with Crippen LogP contribution in [0.4, 0.5) is 4.39 Å². The van der Waals surface area contributed by atoms with Crippen molar-refractivity contribution in [2.45, 2.75) is 37.6 Å². The van der Waals surface area contributed by atoms with Crippen LogP contribution in [0.3, 0.4) is 0 Å². The van der Waals surface area contributed by atoms with Gasteiger partial charge in [0.2, 0.25) is 15.9 Å². The number of sulfonamides is 1. The van der Waals surface area contributed by atoms with Crippen LogP contribution >= 0.6 is 0 Å². The Morgan fingerprint density at radius 3 is 2.44 bits per heavy atom. The van der Waals surface area contributed by atoms with Crippen LogP contribution in [0.25, 0.3) is 0 Å². The van der Waals surface area contributed by atoms with E-state index in [1.807, 2.05) is 19.9 Å². The number of nitrogens with one attached hydrogen (secondary N) is 1. The lowest BCUT2D eigenvalue weighted by molar-refractivity contribution is -0.126. The number of piperidine rings is 1. The van der Waals surface area contributed by atoms with E-state index in [0.717, 1.165) is 11.1 Å². The number of rotatable bonds is 6. The number of carbonyl (C=O) groups excluding carboxylic acids is 1. The monoisotopic (exact) mass is 484 g/mol. The maximum absolute atomic E-state index is 14.6. The van der Waals surface area contributed by atoms with Gasteiger partial charge in [0.1, 0.15) is 17.7 Å². The summed E-state index contributed by atoms with van der Waals surface area (Å²) in [6.45, 7) is 4.33. The van der Waals surface area contributed by atoms with E-state index < -0.39 is 21.9 Å². The van der Waals surface area contributed by atoms with E-state index in [1.54, 1.807) is 54.3 Å². The molecule has 1 aliphatic heterocycles. The van der Waals surface area contributed by atoms with Gasteiger partial charge in [-0.15, -0.1) is 0 Å². The number of nitrogens with zero attached hydrogens (tertiary/aromatic N) is 3. The van der Waals surface area contributed by atoms with Crippen molar-refractivity contribution < 1.29 is 17.6 Å². The number of benzene rings is 2. The van der Waals surface area contributed by atoms with Crippen LogP contribution in [-0.2, 0) is 21.9 Å². The summed E-state index contributed by atoms with van der Waals surface area (Å²) in [6, 6.07) is 10.7. The Morgan fingerprint density at radius 2 is 1.82 bits per heavy atom. The minimum Gasteiger partial charge on any atom is -0.342 e. The topological polar surface area (TPSA) is 84.3 Å². The number of halogens is 1. The zero-order chi connectivity index (χ0) is 24.5. The standard InChI is InChI=1S/C25H29FN4O3S/c1-17-8-9-20(16-18(17)2)34(32,33)30-13-10-19(11-14-30)25(31)28-23(24-27-12-15-29(24)3)21-6-4-5-7-22(21)26/h4-9,12,15-16,19,23H,10-11,13-14H2,1-3H3,(H,28,31)/t23-/m1/s1. The SMILES string of the molecule is Cc1ccc(S(=O)(=O)N2CCC(C(=O)N[C@H](c3ccccc3F)c3nccn3C)CC2)cc1C. The molecule has 9 heteroatoms. The second-order valence-electron chi connectivity index (χ2n) is 8.78. The smallest absolute Gasteiger partial charge is 0.243 e. The van der Waals surface area contributed by atoms with Gasteiger partial charge in [-0.2, -0.15) is 4.31 Å². The fourth-order valence-electron chi connectivity index (χ4n) is 4.29. The van der Waals surface area contributed by atoms with Crippen molar-refractivity contribution in [1.29, 1.82) is 0 Å². The van der Waals surface area contributed by atoms with Crippen molar-refractivity contribution in [3.63, 3.8) is 0 Å². The summed E-state index contributed by atoms with van der Waals surface area (Å²) >= 11 is 0. The molecule has 7 nitrogen and oxygen atoms in total. The minimum absolute atomic E-state index is 0.237. The molecule has 2 heterocycles. The molecule has 0 saturated carbocycles. The molecule has 0 unspecified atom stereocenters. The van der Waals surface area contributed by atoms with E-state index in [9.17, 15) is 17.6 Å². The molecule has 2 aromatic carbocycles. The first-order valence-electron chi connectivity index (χ1n) is 11.3. The van der Waals surface area contributed by atoms with Crippen LogP contribution < -0.4 is 5.32 Å². The molecule has 1 amide bonds. The van der Waals surface area contributed by atoms with E-state index in [-0.39, 0.29) is 29.8 Å². The highest BCUT2D eigenvalue weighted by Crippen LogP contribution is 2.28. The first kappa shape index (κ1) is 24.1. The normalized spacial score (nSPS) is 16.4. The van der Waals surface area contributed by atoms with Gasteiger partial charge in [-0.1, -0.05) is 24.3 Å². The largest absolute Gasteiger partial charge is 0.342 e. The molecule has 3 aromatic rings. The quantitative estimate of drug-likeness (QED) is 0.581. The molecule has 0 aliphatic carbocycles. The van der Waals surface area contributed by atoms with Crippen LogP contribution in [0.1, 0.15) is 41.4 Å². The Labute approximate surface area is 199 Å². The molecular formula is C25H29FN4O3S. The predicted octanol–water partition coefficient (Wildman–Crippen LogP) is 3.48. The van der Waals surface area contributed by atoms with E-state index in [1.165, 1.54) is 10.4 Å². The lowest BCUT2D eigenvalue weighted by Crippen LogP contribution is -2.44. The molecule has 1 fully saturated rings. The van der Waals surface area contributed by atoms with Crippen molar-refractivity contribution in [2.75, 3.05) is 13.1 Å². The lowest BCUT2D eigenvalue weighted by atomic mass is 9.96. The number of hydrogen-bond acceptors (Lipinski definition) is 4. The number of aryl methyl sites for hydroxylation is 3. The fourth-order valence-corrected chi connectivity index (χ4v) is 5.84. The molecule has 0 bridgehead atoms. The van der Waals surface area contributed by atoms with Gasteiger partial charge in [0.05, 0.1) is 4.90 Å². The first-order chi connectivity index (χ1) is 16.2. The zero-order valence-corrected chi connectivity index (χ0v) is 20.3. The summed E-state index contributed by atoms with van der Waals surface area (Å²) in [4.78, 5) is 17.8. The van der Waals surface area contributed by atoms with Crippen molar-refractivity contribution in [2.24, 2.45) is 13.0 Å². The van der Waals surface area contributed by atoms with Gasteiger partial charge in [-0.3, -0.25) is 4.79 Å². The number of aromatic nitrogens is 2. The van der Waals surface area contributed by atoms with Crippen molar-refractivity contribution in [1.82, 2.24) is 19.2 Å². The Bertz CT molecular complexity index is 1300. The molecular weight excluding hydrogens is 455 g/mol. The highest BCUT2D eigenvalue weighted by atomic mass is 32.2. The van der Waals surface area contributed by atoms with E-state index in [4.69, 9.17) is 0 Å². The summed E-state index contributed by atoms with van der Waals surface area (Å²) in [5.74, 6) is -0.515. The lowest BCUT2D eigenvalue weighted by Gasteiger charge is -2.31. The summed E-state index contributed by atoms with van der Waals surface area (Å²) in [6.07, 6.45) is 4.12. The van der Waals surface area contributed by atoms with Gasteiger partial charge >= 0.3 is 0 Å². The third-order valence-electron chi connectivity index (χ3n) is 6.56. The minimum atomic E-state index is -3.62. The summed E-state index contributed by atoms with van der Waals surface area (Å²) in [7, 11) is -1.83. The number of imidazole rings is 1. The second-order valence-corrected chi connectivity index (χ2v) is 10.7. The number of amides is 1. The van der Waals surface area contributed by atoms with Crippen LogP contribution in [-0.4, -0.2) is 41.3 Å². The molecule has 0 spiro atoms.